The van der Waals surface area contributed by atoms with Crippen LogP contribution in [0.25, 0.3) is 16.1 Å². The van der Waals surface area contributed by atoms with E-state index in [2.05, 4.69) is 43.0 Å². The van der Waals surface area contributed by atoms with Crippen LogP contribution >= 0.6 is 35.0 Å². The van der Waals surface area contributed by atoms with Gasteiger partial charge in [0.05, 0.1) is 27.7 Å². The number of aromatic nitrogens is 3. The first-order valence-electron chi connectivity index (χ1n) is 12.4. The van der Waals surface area contributed by atoms with Crippen molar-refractivity contribution < 1.29 is 4.79 Å². The van der Waals surface area contributed by atoms with Crippen molar-refractivity contribution in [2.45, 2.75) is 49.7 Å². The third-order valence-corrected chi connectivity index (χ3v) is 9.81. The fourth-order valence-electron chi connectivity index (χ4n) is 5.92. The Labute approximate surface area is 217 Å². The van der Waals surface area contributed by atoms with Gasteiger partial charge in [-0.15, -0.1) is 0 Å². The number of aromatic amines is 1. The highest BCUT2D eigenvalue weighted by Gasteiger charge is 2.49. The number of nitrogens with zero attached hydrogens (tertiary/aromatic N) is 3. The largest absolute Gasteiger partial charge is 0.378 e. The number of nitrogens with one attached hydrogen (secondary N) is 4. The number of imidazole rings is 1. The van der Waals surface area contributed by atoms with Gasteiger partial charge in [0, 0.05) is 25.2 Å². The Morgan fingerprint density at radius 1 is 1.17 bits per heavy atom. The van der Waals surface area contributed by atoms with Crippen molar-refractivity contribution in [1.82, 2.24) is 30.5 Å². The van der Waals surface area contributed by atoms with Gasteiger partial charge in [-0.25, -0.2) is 9.97 Å². The van der Waals surface area contributed by atoms with Crippen LogP contribution in [0.4, 0.5) is 5.69 Å². The molecule has 8 nitrogen and oxygen atoms in total. The van der Waals surface area contributed by atoms with E-state index in [1.165, 1.54) is 12.8 Å². The molecule has 1 saturated heterocycles. The van der Waals surface area contributed by atoms with E-state index in [9.17, 15) is 4.79 Å². The van der Waals surface area contributed by atoms with Gasteiger partial charge in [-0.05, 0) is 43.9 Å². The molecule has 0 aromatic carbocycles. The van der Waals surface area contributed by atoms with Crippen LogP contribution in [0.2, 0.25) is 5.02 Å². The van der Waals surface area contributed by atoms with Crippen LogP contribution < -0.4 is 16.0 Å². The molecule has 4 heterocycles. The molecule has 2 unspecified atom stereocenters. The predicted octanol–water partition coefficient (Wildman–Crippen LogP) is 4.07. The molecular formula is C24H27Cl2N7OS. The van der Waals surface area contributed by atoms with Gasteiger partial charge in [-0.2, -0.15) is 0 Å². The van der Waals surface area contributed by atoms with Crippen molar-refractivity contribution in [1.29, 1.82) is 0 Å². The average molecular weight is 533 g/mol. The highest BCUT2D eigenvalue weighted by Crippen LogP contribution is 2.47. The molecule has 2 bridgehead atoms. The fourth-order valence-corrected chi connectivity index (χ4v) is 7.64. The fraction of sp³-hybridized carbons (Fsp3) is 0.542. The number of allylic oxidation sites excluding steroid dienone is 1. The number of thioether (sulfide) groups is 1. The van der Waals surface area contributed by atoms with Crippen LogP contribution in [0.3, 0.4) is 0 Å². The summed E-state index contributed by atoms with van der Waals surface area (Å²) >= 11 is 14.9. The number of hydrogen-bond acceptors (Lipinski definition) is 7. The molecule has 7 rings (SSSR count). The van der Waals surface area contributed by atoms with E-state index in [0.717, 1.165) is 48.5 Å². The van der Waals surface area contributed by atoms with Crippen LogP contribution in [0.5, 0.6) is 0 Å². The highest BCUT2D eigenvalue weighted by atomic mass is 35.5. The van der Waals surface area contributed by atoms with Crippen LogP contribution in [-0.4, -0.2) is 56.4 Å². The van der Waals surface area contributed by atoms with E-state index < -0.39 is 0 Å². The number of likely N-dealkylation sites (tertiary alicyclic amines) is 1. The highest BCUT2D eigenvalue weighted by molar-refractivity contribution is 8.09. The standard InChI is InChI=1S/C24H27Cl2N7OS/c25-14-10-27-21-18(30-22(32-21)19-20(26)31-24(35-19)33-7-1-2-8-33)17(14)29-16-12-4-3-11(9-12)15(16)23(34)28-13-5-6-13/h3-4,10-13,15-16,24,31H,1-2,5-9H2,(H,28,34)(H2,27,29,30,32)/t11-,12+,15+,16?,24?/m1/s1. The van der Waals surface area contributed by atoms with Crippen molar-refractivity contribution in [2.75, 3.05) is 18.4 Å². The topological polar surface area (TPSA) is 98.0 Å². The zero-order valence-electron chi connectivity index (χ0n) is 19.1. The number of halogens is 2. The van der Waals surface area contributed by atoms with Gasteiger partial charge < -0.3 is 20.9 Å². The maximum Gasteiger partial charge on any atom is 0.226 e. The summed E-state index contributed by atoms with van der Waals surface area (Å²) in [5.74, 6) is 1.27. The Morgan fingerprint density at radius 2 is 1.97 bits per heavy atom. The molecular weight excluding hydrogens is 505 g/mol. The SMILES string of the molecule is O=C(NC1CC1)[C@@H]1C(Nc2c(Cl)cnc3nc(C4=C(Cl)NC(N5CCCC5)S4)[nH]c23)[C@H]2C=C[C@@H]1C2. The van der Waals surface area contributed by atoms with Crippen molar-refractivity contribution >= 4 is 62.6 Å². The summed E-state index contributed by atoms with van der Waals surface area (Å²) in [5, 5.41) is 11.3. The van der Waals surface area contributed by atoms with Crippen LogP contribution in [-0.2, 0) is 4.79 Å². The number of carbonyl (C=O) groups excluding carboxylic acids is 1. The Kier molecular flexibility index (Phi) is 5.46. The van der Waals surface area contributed by atoms with E-state index >= 15 is 0 Å². The summed E-state index contributed by atoms with van der Waals surface area (Å²) in [6.07, 6.45) is 11.6. The summed E-state index contributed by atoms with van der Waals surface area (Å²) in [6.45, 7) is 2.14. The molecule has 11 heteroatoms. The van der Waals surface area contributed by atoms with Crippen molar-refractivity contribution in [3.63, 3.8) is 0 Å². The van der Waals surface area contributed by atoms with E-state index in [4.69, 9.17) is 28.2 Å². The second-order valence-electron chi connectivity index (χ2n) is 10.2. The monoisotopic (exact) mass is 531 g/mol. The molecule has 0 spiro atoms. The maximum absolute atomic E-state index is 13.1. The lowest BCUT2D eigenvalue weighted by atomic mass is 9.87. The number of pyridine rings is 1. The van der Waals surface area contributed by atoms with Gasteiger partial charge in [0.25, 0.3) is 0 Å². The molecule has 4 N–H and O–H groups in total. The minimum Gasteiger partial charge on any atom is -0.378 e. The molecule has 1 amide bonds. The Bertz CT molecular complexity index is 1250. The third-order valence-electron chi connectivity index (χ3n) is 7.84. The number of rotatable bonds is 6. The number of H-pyrrole nitrogens is 1. The second-order valence-corrected chi connectivity index (χ2v) is 12.1. The van der Waals surface area contributed by atoms with Gasteiger partial charge in [0.2, 0.25) is 5.91 Å². The molecule has 5 atom stereocenters. The Hall–Kier alpha value is -1.94. The van der Waals surface area contributed by atoms with Gasteiger partial charge >= 0.3 is 0 Å². The van der Waals surface area contributed by atoms with E-state index in [1.54, 1.807) is 18.0 Å². The normalized spacial score (nSPS) is 32.1. The molecule has 184 valence electrons. The molecule has 2 aromatic heterocycles. The number of fused-ring (bicyclic) bond motifs is 3. The number of anilines is 1. The summed E-state index contributed by atoms with van der Waals surface area (Å²) in [4.78, 5) is 29.0. The number of hydrogen-bond donors (Lipinski definition) is 4. The van der Waals surface area contributed by atoms with Gasteiger partial charge in [-0.1, -0.05) is 47.1 Å². The van der Waals surface area contributed by atoms with Crippen molar-refractivity contribution in [3.05, 3.63) is 34.4 Å². The minimum absolute atomic E-state index is 0.0246. The lowest BCUT2D eigenvalue weighted by Crippen LogP contribution is -2.44. The van der Waals surface area contributed by atoms with E-state index in [0.29, 0.717) is 33.6 Å². The molecule has 3 fully saturated rings. The minimum atomic E-state index is -0.111. The smallest absolute Gasteiger partial charge is 0.226 e. The molecule has 2 aliphatic heterocycles. The van der Waals surface area contributed by atoms with Crippen molar-refractivity contribution in [3.8, 4) is 0 Å². The summed E-state index contributed by atoms with van der Waals surface area (Å²) in [5.41, 5.74) is 2.18. The Morgan fingerprint density at radius 3 is 2.77 bits per heavy atom. The average Bonchev–Trinajstić information content (AvgIpc) is 3.39. The van der Waals surface area contributed by atoms with Crippen LogP contribution in [0.15, 0.2) is 23.5 Å². The lowest BCUT2D eigenvalue weighted by Gasteiger charge is -2.29. The second kappa shape index (κ2) is 8.57. The molecule has 2 aromatic rings. The summed E-state index contributed by atoms with van der Waals surface area (Å²) < 4.78 is 0. The molecule has 0 radical (unpaired) electrons. The summed E-state index contributed by atoms with van der Waals surface area (Å²) in [7, 11) is 0. The van der Waals surface area contributed by atoms with Gasteiger partial charge in [-0.3, -0.25) is 9.69 Å². The Balaban J connectivity index is 1.18. The predicted molar refractivity (Wildman–Crippen MR) is 140 cm³/mol. The first kappa shape index (κ1) is 22.3. The van der Waals surface area contributed by atoms with E-state index in [1.807, 2.05) is 0 Å². The molecule has 35 heavy (non-hydrogen) atoms. The first-order valence-corrected chi connectivity index (χ1v) is 14.1. The summed E-state index contributed by atoms with van der Waals surface area (Å²) in [6, 6.07) is 0.320. The van der Waals surface area contributed by atoms with Crippen molar-refractivity contribution in [2.24, 2.45) is 17.8 Å². The van der Waals surface area contributed by atoms with E-state index in [-0.39, 0.29) is 29.3 Å². The zero-order chi connectivity index (χ0) is 23.7. The first-order chi connectivity index (χ1) is 17.0. The number of amides is 1. The van der Waals surface area contributed by atoms with Gasteiger partial charge in [0.1, 0.15) is 22.0 Å². The lowest BCUT2D eigenvalue weighted by molar-refractivity contribution is -0.126. The molecule has 5 aliphatic rings. The molecule has 3 aliphatic carbocycles. The third kappa shape index (κ3) is 3.91. The van der Waals surface area contributed by atoms with Crippen LogP contribution in [0, 0.1) is 17.8 Å². The molecule has 2 saturated carbocycles. The maximum atomic E-state index is 13.1. The number of carbonyl (C=O) groups is 1. The van der Waals surface area contributed by atoms with Gasteiger partial charge in [0.15, 0.2) is 5.65 Å². The zero-order valence-corrected chi connectivity index (χ0v) is 21.4. The quantitative estimate of drug-likeness (QED) is 0.329. The van der Waals surface area contributed by atoms with Crippen LogP contribution in [0.1, 0.15) is 37.9 Å².